The van der Waals surface area contributed by atoms with Gasteiger partial charge in [-0.25, -0.2) is 0 Å². The fourth-order valence-corrected chi connectivity index (χ4v) is 2.39. The molecule has 0 spiro atoms. The van der Waals surface area contributed by atoms with Crippen molar-refractivity contribution in [1.29, 1.82) is 0 Å². The van der Waals surface area contributed by atoms with E-state index in [0.29, 0.717) is 12.1 Å². The lowest BCUT2D eigenvalue weighted by Gasteiger charge is -2.18. The van der Waals surface area contributed by atoms with Gasteiger partial charge in [0.15, 0.2) is 0 Å². The van der Waals surface area contributed by atoms with Gasteiger partial charge in [-0.1, -0.05) is 0 Å². The summed E-state index contributed by atoms with van der Waals surface area (Å²) in [6, 6.07) is 7.78. The lowest BCUT2D eigenvalue weighted by Crippen LogP contribution is -2.09. The summed E-state index contributed by atoms with van der Waals surface area (Å²) in [6.45, 7) is 2.06. The van der Waals surface area contributed by atoms with Gasteiger partial charge < -0.3 is 16.4 Å². The summed E-state index contributed by atoms with van der Waals surface area (Å²) in [5.41, 5.74) is 10.5. The smallest absolute Gasteiger partial charge is 0.228 e. The second-order valence-corrected chi connectivity index (χ2v) is 4.97. The second kappa shape index (κ2) is 4.85. The van der Waals surface area contributed by atoms with Crippen LogP contribution in [0.3, 0.4) is 0 Å². The Morgan fingerprint density at radius 2 is 2.10 bits per heavy atom. The number of nitrogens with two attached hydrogens (primary N) is 1. The number of nitrogens with one attached hydrogen (secondary N) is 2. The predicted molar refractivity (Wildman–Crippen MR) is 79.5 cm³/mol. The molecule has 1 aromatic heterocycles. The van der Waals surface area contributed by atoms with Crippen LogP contribution in [-0.4, -0.2) is 10.9 Å². The lowest BCUT2D eigenvalue weighted by atomic mass is 10.1. The van der Waals surface area contributed by atoms with Crippen LogP contribution in [0.5, 0.6) is 0 Å². The number of benzene rings is 1. The molecule has 0 saturated heterocycles. The molecule has 0 aliphatic carbocycles. The predicted octanol–water partition coefficient (Wildman–Crippen LogP) is 2.33. The zero-order valence-corrected chi connectivity index (χ0v) is 11.2. The third kappa shape index (κ3) is 2.30. The monoisotopic (exact) mass is 268 g/mol. The van der Waals surface area contributed by atoms with Crippen molar-refractivity contribution in [3.8, 4) is 0 Å². The number of amides is 1. The van der Waals surface area contributed by atoms with E-state index in [-0.39, 0.29) is 11.9 Å². The average Bonchev–Trinajstić information content (AvgIpc) is 2.79. The molecule has 1 unspecified atom stereocenters. The molecule has 1 amide bonds. The molecular weight excluding hydrogens is 252 g/mol. The molecule has 1 aromatic carbocycles. The van der Waals surface area contributed by atoms with Gasteiger partial charge in [-0.05, 0) is 42.3 Å². The third-order valence-electron chi connectivity index (χ3n) is 3.48. The van der Waals surface area contributed by atoms with Crippen LogP contribution in [0.15, 0.2) is 36.7 Å². The first-order chi connectivity index (χ1) is 9.63. The molecule has 4 N–H and O–H groups in total. The summed E-state index contributed by atoms with van der Waals surface area (Å²) in [7, 11) is 0. The number of anilines is 3. The van der Waals surface area contributed by atoms with E-state index < -0.39 is 0 Å². The third-order valence-corrected chi connectivity index (χ3v) is 3.48. The van der Waals surface area contributed by atoms with Crippen molar-refractivity contribution >= 4 is 23.0 Å². The molecule has 5 nitrogen and oxygen atoms in total. The highest BCUT2D eigenvalue weighted by Crippen LogP contribution is 2.33. The normalized spacial score (nSPS) is 14.6. The number of carbonyl (C=O) groups is 1. The van der Waals surface area contributed by atoms with Crippen LogP contribution < -0.4 is 16.4 Å². The van der Waals surface area contributed by atoms with Gasteiger partial charge in [0.05, 0.1) is 17.8 Å². The molecule has 102 valence electrons. The van der Waals surface area contributed by atoms with Crippen molar-refractivity contribution in [3.05, 3.63) is 47.8 Å². The van der Waals surface area contributed by atoms with Gasteiger partial charge in [0.2, 0.25) is 5.91 Å². The summed E-state index contributed by atoms with van der Waals surface area (Å²) < 4.78 is 0. The fourth-order valence-electron chi connectivity index (χ4n) is 2.39. The molecule has 20 heavy (non-hydrogen) atoms. The maximum atomic E-state index is 11.4. The van der Waals surface area contributed by atoms with Crippen LogP contribution in [0.1, 0.15) is 24.1 Å². The molecule has 3 rings (SSSR count). The van der Waals surface area contributed by atoms with Gasteiger partial charge >= 0.3 is 0 Å². The van der Waals surface area contributed by atoms with E-state index >= 15 is 0 Å². The van der Waals surface area contributed by atoms with Gasteiger partial charge in [-0.3, -0.25) is 9.78 Å². The summed E-state index contributed by atoms with van der Waals surface area (Å²) in [6.07, 6.45) is 3.93. The Morgan fingerprint density at radius 3 is 2.85 bits per heavy atom. The molecule has 1 aliphatic heterocycles. The highest BCUT2D eigenvalue weighted by atomic mass is 16.1. The van der Waals surface area contributed by atoms with Gasteiger partial charge in [0.1, 0.15) is 0 Å². The van der Waals surface area contributed by atoms with E-state index in [9.17, 15) is 4.79 Å². The Balaban J connectivity index is 1.85. The Morgan fingerprint density at radius 1 is 1.35 bits per heavy atom. The number of hydrogen-bond acceptors (Lipinski definition) is 4. The SMILES string of the molecule is CC(Nc1cc2c(cc1N)CC(=O)N2)c1ccncc1. The highest BCUT2D eigenvalue weighted by Gasteiger charge is 2.19. The standard InChI is InChI=1S/C15H16N4O/c1-9(10-2-4-17-5-3-10)18-14-8-13-11(6-12(14)16)7-15(20)19-13/h2-6,8-9,18H,7,16H2,1H3,(H,19,20). The molecule has 1 aliphatic rings. The number of nitrogens with zero attached hydrogens (tertiary/aromatic N) is 1. The zero-order chi connectivity index (χ0) is 14.1. The van der Waals surface area contributed by atoms with Crippen LogP contribution in [0.4, 0.5) is 17.1 Å². The molecular formula is C15H16N4O. The summed E-state index contributed by atoms with van der Waals surface area (Å²) >= 11 is 0. The average molecular weight is 268 g/mol. The molecule has 2 heterocycles. The maximum Gasteiger partial charge on any atom is 0.228 e. The Bertz CT molecular complexity index is 654. The number of carbonyl (C=O) groups excluding carboxylic acids is 1. The number of nitrogen functional groups attached to an aromatic ring is 1. The van der Waals surface area contributed by atoms with Crippen LogP contribution in [0, 0.1) is 0 Å². The van der Waals surface area contributed by atoms with E-state index in [1.165, 1.54) is 0 Å². The van der Waals surface area contributed by atoms with Crippen molar-refractivity contribution in [2.75, 3.05) is 16.4 Å². The number of pyridine rings is 1. The minimum absolute atomic E-state index is 0.0127. The topological polar surface area (TPSA) is 80.0 Å². The Hall–Kier alpha value is -2.56. The quantitative estimate of drug-likeness (QED) is 0.746. The van der Waals surface area contributed by atoms with E-state index in [1.54, 1.807) is 12.4 Å². The molecule has 0 saturated carbocycles. The van der Waals surface area contributed by atoms with Crippen molar-refractivity contribution in [3.63, 3.8) is 0 Å². The van der Waals surface area contributed by atoms with Gasteiger partial charge in [-0.15, -0.1) is 0 Å². The van der Waals surface area contributed by atoms with Crippen LogP contribution in [0.25, 0.3) is 0 Å². The zero-order valence-electron chi connectivity index (χ0n) is 11.2. The van der Waals surface area contributed by atoms with E-state index in [1.807, 2.05) is 24.3 Å². The largest absolute Gasteiger partial charge is 0.397 e. The van der Waals surface area contributed by atoms with Crippen molar-refractivity contribution in [1.82, 2.24) is 4.98 Å². The Labute approximate surface area is 117 Å². The number of aromatic nitrogens is 1. The lowest BCUT2D eigenvalue weighted by molar-refractivity contribution is -0.115. The number of rotatable bonds is 3. The number of hydrogen-bond donors (Lipinski definition) is 3. The number of fused-ring (bicyclic) bond motifs is 1. The minimum atomic E-state index is 0.0127. The first-order valence-electron chi connectivity index (χ1n) is 6.52. The minimum Gasteiger partial charge on any atom is -0.397 e. The van der Waals surface area contributed by atoms with Gasteiger partial charge in [0.25, 0.3) is 0 Å². The second-order valence-electron chi connectivity index (χ2n) is 4.97. The first kappa shape index (κ1) is 12.5. The molecule has 2 aromatic rings. The highest BCUT2D eigenvalue weighted by molar-refractivity contribution is 6.00. The van der Waals surface area contributed by atoms with Crippen molar-refractivity contribution < 1.29 is 4.79 Å². The molecule has 5 heteroatoms. The van der Waals surface area contributed by atoms with E-state index in [2.05, 4.69) is 22.5 Å². The summed E-state index contributed by atoms with van der Waals surface area (Å²) in [5.74, 6) is 0.0127. The van der Waals surface area contributed by atoms with Gasteiger partial charge in [0, 0.05) is 24.1 Å². The van der Waals surface area contributed by atoms with E-state index in [0.717, 1.165) is 22.5 Å². The molecule has 0 fully saturated rings. The van der Waals surface area contributed by atoms with Crippen LogP contribution in [-0.2, 0) is 11.2 Å². The van der Waals surface area contributed by atoms with Crippen LogP contribution >= 0.6 is 0 Å². The fraction of sp³-hybridized carbons (Fsp3) is 0.200. The first-order valence-corrected chi connectivity index (χ1v) is 6.52. The maximum absolute atomic E-state index is 11.4. The van der Waals surface area contributed by atoms with E-state index in [4.69, 9.17) is 5.73 Å². The molecule has 0 bridgehead atoms. The summed E-state index contributed by atoms with van der Waals surface area (Å²) in [4.78, 5) is 15.4. The van der Waals surface area contributed by atoms with Crippen LogP contribution in [0.2, 0.25) is 0 Å². The summed E-state index contributed by atoms with van der Waals surface area (Å²) in [5, 5.41) is 6.20. The van der Waals surface area contributed by atoms with Crippen molar-refractivity contribution in [2.45, 2.75) is 19.4 Å². The van der Waals surface area contributed by atoms with Crippen molar-refractivity contribution in [2.24, 2.45) is 0 Å². The molecule has 0 radical (unpaired) electrons. The Kier molecular flexibility index (Phi) is 3.02. The van der Waals surface area contributed by atoms with Gasteiger partial charge in [-0.2, -0.15) is 0 Å². The molecule has 1 atom stereocenters.